The lowest BCUT2D eigenvalue weighted by Crippen LogP contribution is -2.30. The van der Waals surface area contributed by atoms with E-state index in [1.165, 1.54) is 6.07 Å². The summed E-state index contributed by atoms with van der Waals surface area (Å²) >= 11 is 0. The average molecular weight is 373 g/mol. The second kappa shape index (κ2) is 9.19. The van der Waals surface area contributed by atoms with Crippen LogP contribution in [0.25, 0.3) is 0 Å². The van der Waals surface area contributed by atoms with E-state index in [-0.39, 0.29) is 24.6 Å². The third-order valence-corrected chi connectivity index (χ3v) is 4.96. The van der Waals surface area contributed by atoms with Gasteiger partial charge in [-0.3, -0.25) is 0 Å². The molecule has 27 heavy (non-hydrogen) atoms. The van der Waals surface area contributed by atoms with Gasteiger partial charge in [0.25, 0.3) is 0 Å². The van der Waals surface area contributed by atoms with Crippen LogP contribution in [0, 0.1) is 0 Å². The van der Waals surface area contributed by atoms with E-state index in [9.17, 15) is 15.3 Å². The largest absolute Gasteiger partial charge is 0.508 e. The third kappa shape index (κ3) is 4.99. The number of aliphatic hydroxyl groups excluding tert-OH is 2. The second-order valence-electron chi connectivity index (χ2n) is 6.82. The number of phenols is 1. The van der Waals surface area contributed by atoms with Gasteiger partial charge >= 0.3 is 0 Å². The van der Waals surface area contributed by atoms with E-state index in [1.807, 2.05) is 24.3 Å². The fourth-order valence-electron chi connectivity index (χ4n) is 3.36. The summed E-state index contributed by atoms with van der Waals surface area (Å²) in [4.78, 5) is 0. The molecule has 1 aliphatic rings. The molecule has 2 aromatic rings. The maximum Gasteiger partial charge on any atom is 0.121 e. The fourth-order valence-corrected chi connectivity index (χ4v) is 3.36. The molecule has 1 fully saturated rings. The number of rotatable bonds is 8. The lowest BCUT2D eigenvalue weighted by Gasteiger charge is -2.17. The molecule has 0 aromatic heterocycles. The molecule has 146 valence electrons. The summed E-state index contributed by atoms with van der Waals surface area (Å²) in [5.74, 6) is 0.868. The van der Waals surface area contributed by atoms with Crippen LogP contribution in [-0.4, -0.2) is 41.6 Å². The van der Waals surface area contributed by atoms with E-state index < -0.39 is 6.10 Å². The second-order valence-corrected chi connectivity index (χ2v) is 6.82. The maximum absolute atomic E-state index is 10.3. The lowest BCUT2D eigenvalue weighted by atomic mass is 10.0. The Morgan fingerprint density at radius 1 is 1.19 bits per heavy atom. The van der Waals surface area contributed by atoms with Crippen molar-refractivity contribution in [3.05, 3.63) is 59.2 Å². The summed E-state index contributed by atoms with van der Waals surface area (Å²) in [6.45, 7) is 0.778. The van der Waals surface area contributed by atoms with Crippen LogP contribution in [0.3, 0.4) is 0 Å². The normalized spacial score (nSPS) is 20.6. The molecule has 0 aliphatic carbocycles. The van der Waals surface area contributed by atoms with Gasteiger partial charge in [-0.2, -0.15) is 0 Å². The highest BCUT2D eigenvalue weighted by Gasteiger charge is 2.26. The van der Waals surface area contributed by atoms with Crippen LogP contribution < -0.4 is 10.1 Å². The highest BCUT2D eigenvalue weighted by atomic mass is 16.5. The molecule has 3 rings (SSSR count). The minimum atomic E-state index is -0.713. The van der Waals surface area contributed by atoms with Crippen molar-refractivity contribution in [2.24, 2.45) is 0 Å². The first-order valence-corrected chi connectivity index (χ1v) is 9.21. The van der Waals surface area contributed by atoms with Crippen LogP contribution in [-0.2, 0) is 11.3 Å². The van der Waals surface area contributed by atoms with Gasteiger partial charge in [-0.1, -0.05) is 18.2 Å². The summed E-state index contributed by atoms with van der Waals surface area (Å²) in [5, 5.41) is 32.4. The first kappa shape index (κ1) is 19.6. The number of benzene rings is 2. The van der Waals surface area contributed by atoms with Crippen LogP contribution in [0.4, 0.5) is 0 Å². The third-order valence-electron chi connectivity index (χ3n) is 4.96. The number of hydrogen-bond acceptors (Lipinski definition) is 6. The van der Waals surface area contributed by atoms with Gasteiger partial charge in [0.1, 0.15) is 11.5 Å². The minimum absolute atomic E-state index is 0.0327. The zero-order chi connectivity index (χ0) is 19.2. The van der Waals surface area contributed by atoms with E-state index in [0.29, 0.717) is 24.2 Å². The van der Waals surface area contributed by atoms with Gasteiger partial charge < -0.3 is 30.1 Å². The molecular weight excluding hydrogens is 346 g/mol. The predicted molar refractivity (Wildman–Crippen MR) is 102 cm³/mol. The SMILES string of the molecule is COc1ccc(C2CCC(CNCC(O)c3ccc(O)c(CO)c3)O2)cc1. The van der Waals surface area contributed by atoms with Crippen LogP contribution in [0.5, 0.6) is 11.5 Å². The Morgan fingerprint density at radius 2 is 1.96 bits per heavy atom. The first-order chi connectivity index (χ1) is 13.1. The first-order valence-electron chi connectivity index (χ1n) is 9.21. The Kier molecular flexibility index (Phi) is 6.68. The number of ether oxygens (including phenoxy) is 2. The molecule has 2 aromatic carbocycles. The molecule has 3 atom stereocenters. The predicted octanol–water partition coefficient (Wildman–Crippen LogP) is 2.44. The number of aromatic hydroxyl groups is 1. The van der Waals surface area contributed by atoms with Gasteiger partial charge in [0.15, 0.2) is 0 Å². The molecule has 0 radical (unpaired) electrons. The van der Waals surface area contributed by atoms with Crippen molar-refractivity contribution in [3.8, 4) is 11.5 Å². The molecule has 0 saturated carbocycles. The van der Waals surface area contributed by atoms with Crippen molar-refractivity contribution in [2.75, 3.05) is 20.2 Å². The molecule has 1 aliphatic heterocycles. The van der Waals surface area contributed by atoms with Crippen LogP contribution in [0.2, 0.25) is 0 Å². The summed E-state index contributed by atoms with van der Waals surface area (Å²) in [7, 11) is 1.65. The van der Waals surface area contributed by atoms with Gasteiger partial charge in [-0.25, -0.2) is 0 Å². The highest BCUT2D eigenvalue weighted by molar-refractivity contribution is 5.36. The van der Waals surface area contributed by atoms with Gasteiger partial charge in [0.2, 0.25) is 0 Å². The standard InChI is InChI=1S/C21H27NO5/c1-26-17-5-2-14(3-6-17)21-9-7-18(27-21)11-22-12-20(25)15-4-8-19(24)16(10-15)13-23/h2-6,8,10,18,20-25H,7,9,11-13H2,1H3. The molecule has 0 spiro atoms. The zero-order valence-corrected chi connectivity index (χ0v) is 15.5. The van der Waals surface area contributed by atoms with E-state index in [0.717, 1.165) is 24.2 Å². The molecule has 0 bridgehead atoms. The Bertz CT molecular complexity index is 734. The Morgan fingerprint density at radius 3 is 2.67 bits per heavy atom. The molecular formula is C21H27NO5. The van der Waals surface area contributed by atoms with Gasteiger partial charge in [-0.15, -0.1) is 0 Å². The lowest BCUT2D eigenvalue weighted by molar-refractivity contribution is 0.0428. The van der Waals surface area contributed by atoms with Crippen molar-refractivity contribution < 1.29 is 24.8 Å². The van der Waals surface area contributed by atoms with Crippen molar-refractivity contribution in [1.29, 1.82) is 0 Å². The Balaban J connectivity index is 1.45. The monoisotopic (exact) mass is 373 g/mol. The van der Waals surface area contributed by atoms with Gasteiger partial charge in [0.05, 0.1) is 32.0 Å². The number of methoxy groups -OCH3 is 1. The summed E-state index contributed by atoms with van der Waals surface area (Å²) in [6.07, 6.45) is 1.43. The number of nitrogens with one attached hydrogen (secondary N) is 1. The van der Waals surface area contributed by atoms with Crippen molar-refractivity contribution in [3.63, 3.8) is 0 Å². The van der Waals surface area contributed by atoms with Gasteiger partial charge in [-0.05, 0) is 48.2 Å². The fraction of sp³-hybridized carbons (Fsp3) is 0.429. The molecule has 1 heterocycles. The Hall–Kier alpha value is -2.12. The van der Waals surface area contributed by atoms with Crippen LogP contribution in [0.15, 0.2) is 42.5 Å². The van der Waals surface area contributed by atoms with E-state index in [2.05, 4.69) is 5.32 Å². The number of hydrogen-bond donors (Lipinski definition) is 4. The molecule has 6 nitrogen and oxygen atoms in total. The highest BCUT2D eigenvalue weighted by Crippen LogP contribution is 2.33. The van der Waals surface area contributed by atoms with E-state index in [4.69, 9.17) is 9.47 Å². The molecule has 0 amide bonds. The summed E-state index contributed by atoms with van der Waals surface area (Å²) in [6, 6.07) is 12.7. The number of aliphatic hydroxyl groups is 2. The topological polar surface area (TPSA) is 91.2 Å². The molecule has 1 saturated heterocycles. The Labute approximate surface area is 159 Å². The smallest absolute Gasteiger partial charge is 0.121 e. The van der Waals surface area contributed by atoms with Crippen molar-refractivity contribution in [1.82, 2.24) is 5.32 Å². The van der Waals surface area contributed by atoms with E-state index in [1.54, 1.807) is 19.2 Å². The molecule has 4 N–H and O–H groups in total. The average Bonchev–Trinajstić information content (AvgIpc) is 3.17. The minimum Gasteiger partial charge on any atom is -0.508 e. The quantitative estimate of drug-likeness (QED) is 0.568. The van der Waals surface area contributed by atoms with Gasteiger partial charge in [0, 0.05) is 18.7 Å². The van der Waals surface area contributed by atoms with Crippen molar-refractivity contribution >= 4 is 0 Å². The van der Waals surface area contributed by atoms with E-state index >= 15 is 0 Å². The zero-order valence-electron chi connectivity index (χ0n) is 15.5. The van der Waals surface area contributed by atoms with Crippen LogP contribution >= 0.6 is 0 Å². The molecule has 6 heteroatoms. The van der Waals surface area contributed by atoms with Crippen molar-refractivity contribution in [2.45, 2.75) is 37.8 Å². The van der Waals surface area contributed by atoms with Crippen LogP contribution in [0.1, 0.15) is 41.7 Å². The summed E-state index contributed by atoms with van der Waals surface area (Å²) < 4.78 is 11.3. The molecule has 3 unspecified atom stereocenters. The maximum atomic E-state index is 10.3. The summed E-state index contributed by atoms with van der Waals surface area (Å²) in [5.41, 5.74) is 2.22.